The number of aliphatic hydroxyl groups is 1. The summed E-state index contributed by atoms with van der Waals surface area (Å²) in [7, 11) is 0. The lowest BCUT2D eigenvalue weighted by Crippen LogP contribution is -2.26. The lowest BCUT2D eigenvalue weighted by atomic mass is 9.97. The van der Waals surface area contributed by atoms with Crippen molar-refractivity contribution in [1.82, 2.24) is 15.3 Å². The number of nitrogens with one attached hydrogen (secondary N) is 2. The highest BCUT2D eigenvalue weighted by atomic mass is 19.1. The maximum absolute atomic E-state index is 14.4. The second kappa shape index (κ2) is 8.00. The van der Waals surface area contributed by atoms with Crippen LogP contribution < -0.4 is 10.6 Å². The molecule has 2 aromatic heterocycles. The maximum atomic E-state index is 14.4. The average Bonchev–Trinajstić information content (AvgIpc) is 3.35. The highest BCUT2D eigenvalue weighted by Crippen LogP contribution is 2.33. The van der Waals surface area contributed by atoms with Crippen molar-refractivity contribution in [2.45, 2.75) is 25.8 Å². The van der Waals surface area contributed by atoms with Gasteiger partial charge in [-0.1, -0.05) is 0 Å². The van der Waals surface area contributed by atoms with Crippen molar-refractivity contribution in [2.75, 3.05) is 18.5 Å². The predicted molar refractivity (Wildman–Crippen MR) is 106 cm³/mol. The Bertz CT molecular complexity index is 1030. The van der Waals surface area contributed by atoms with E-state index in [1.165, 1.54) is 12.5 Å². The molecule has 0 unspecified atom stereocenters. The van der Waals surface area contributed by atoms with Gasteiger partial charge in [0.2, 0.25) is 0 Å². The van der Waals surface area contributed by atoms with Crippen molar-refractivity contribution in [3.05, 3.63) is 53.9 Å². The fourth-order valence-corrected chi connectivity index (χ4v) is 3.11. The van der Waals surface area contributed by atoms with Crippen molar-refractivity contribution in [2.24, 2.45) is 0 Å². The number of aliphatic hydroxyl groups excluding tert-OH is 1. The Hall–Kier alpha value is -3.26. The second-order valence-electron chi connectivity index (χ2n) is 7.03. The Labute approximate surface area is 167 Å². The molecular weight excluding hydrogens is 375 g/mol. The summed E-state index contributed by atoms with van der Waals surface area (Å²) in [5, 5.41) is 15.0. The van der Waals surface area contributed by atoms with Crippen LogP contribution in [0.25, 0.3) is 22.5 Å². The molecule has 0 saturated heterocycles. The Morgan fingerprint density at radius 2 is 2.10 bits per heavy atom. The third-order valence-electron chi connectivity index (χ3n) is 4.77. The summed E-state index contributed by atoms with van der Waals surface area (Å²) in [4.78, 5) is 20.8. The van der Waals surface area contributed by atoms with Gasteiger partial charge in [-0.05, 0) is 49.1 Å². The number of carbonyl (C=O) groups excluding carboxylic acids is 1. The zero-order valence-corrected chi connectivity index (χ0v) is 15.9. The van der Waals surface area contributed by atoms with E-state index in [4.69, 9.17) is 9.52 Å². The quantitative estimate of drug-likeness (QED) is 0.567. The number of pyridine rings is 1. The first-order valence-electron chi connectivity index (χ1n) is 9.42. The molecule has 2 heterocycles. The number of hydrogen-bond acceptors (Lipinski definition) is 6. The van der Waals surface area contributed by atoms with Gasteiger partial charge in [-0.25, -0.2) is 14.4 Å². The number of rotatable bonds is 7. The van der Waals surface area contributed by atoms with Crippen molar-refractivity contribution in [3.63, 3.8) is 0 Å². The normalized spacial score (nSPS) is 13.3. The Balaban J connectivity index is 1.75. The summed E-state index contributed by atoms with van der Waals surface area (Å²) in [6.07, 6.45) is 6.39. The summed E-state index contributed by atoms with van der Waals surface area (Å²) in [6.45, 7) is 2.07. The fraction of sp³-hybridized carbons (Fsp3) is 0.286. The van der Waals surface area contributed by atoms with Gasteiger partial charge in [0.1, 0.15) is 11.6 Å². The molecule has 150 valence electrons. The molecule has 0 atom stereocenters. The number of nitrogens with zero attached hydrogens (tertiary/aromatic N) is 2. The van der Waals surface area contributed by atoms with Crippen LogP contribution in [0.2, 0.25) is 0 Å². The molecule has 1 fully saturated rings. The van der Waals surface area contributed by atoms with E-state index in [2.05, 4.69) is 20.6 Å². The van der Waals surface area contributed by atoms with E-state index in [9.17, 15) is 9.18 Å². The third-order valence-corrected chi connectivity index (χ3v) is 4.77. The minimum Gasteiger partial charge on any atom is -0.443 e. The molecule has 29 heavy (non-hydrogen) atoms. The SMILES string of the molecule is Cc1cc(F)c(C(=O)NC2CC2)cc1-c1cnc(NCCO)c(-c2cnco2)c1. The highest BCUT2D eigenvalue weighted by molar-refractivity contribution is 5.96. The molecule has 7 nitrogen and oxygen atoms in total. The lowest BCUT2D eigenvalue weighted by Gasteiger charge is -2.14. The number of hydrogen-bond donors (Lipinski definition) is 3. The van der Waals surface area contributed by atoms with Crippen LogP contribution in [-0.4, -0.2) is 40.2 Å². The summed E-state index contributed by atoms with van der Waals surface area (Å²) in [5.41, 5.74) is 2.77. The average molecular weight is 396 g/mol. The van der Waals surface area contributed by atoms with E-state index in [1.807, 2.05) is 6.07 Å². The maximum Gasteiger partial charge on any atom is 0.254 e. The van der Waals surface area contributed by atoms with Crippen molar-refractivity contribution >= 4 is 11.7 Å². The van der Waals surface area contributed by atoms with E-state index in [-0.39, 0.29) is 18.2 Å². The number of halogens is 1. The third kappa shape index (κ3) is 4.12. The van der Waals surface area contributed by atoms with Gasteiger partial charge in [0.05, 0.1) is 23.9 Å². The monoisotopic (exact) mass is 396 g/mol. The molecule has 0 bridgehead atoms. The standard InChI is InChI=1S/C21H21FN4O3/c1-12-6-18(22)16(21(28)26-14-2-3-14)8-15(12)13-7-17(19-10-23-11-29-19)20(25-9-13)24-4-5-27/h6-11,14,27H,2-5H2,1H3,(H,24,25)(H,26,28). The summed E-state index contributed by atoms with van der Waals surface area (Å²) in [6, 6.07) is 4.91. The predicted octanol–water partition coefficient (Wildman–Crippen LogP) is 3.15. The minimum atomic E-state index is -0.547. The van der Waals surface area contributed by atoms with E-state index in [1.54, 1.807) is 25.4 Å². The molecular formula is C21H21FN4O3. The zero-order chi connectivity index (χ0) is 20.4. The molecule has 1 saturated carbocycles. The van der Waals surface area contributed by atoms with Gasteiger partial charge in [-0.15, -0.1) is 0 Å². The molecule has 0 aliphatic heterocycles. The summed E-state index contributed by atoms with van der Waals surface area (Å²) >= 11 is 0. The van der Waals surface area contributed by atoms with E-state index >= 15 is 0 Å². The zero-order valence-electron chi connectivity index (χ0n) is 15.9. The first kappa shape index (κ1) is 19.1. The van der Waals surface area contributed by atoms with Crippen molar-refractivity contribution in [1.29, 1.82) is 0 Å². The molecule has 0 radical (unpaired) electrons. The molecule has 4 rings (SSSR count). The number of aryl methyl sites for hydroxylation is 1. The molecule has 3 N–H and O–H groups in total. The van der Waals surface area contributed by atoms with E-state index in [0.29, 0.717) is 40.4 Å². The van der Waals surface area contributed by atoms with Gasteiger partial charge in [0.25, 0.3) is 5.91 Å². The first-order chi connectivity index (χ1) is 14.1. The van der Waals surface area contributed by atoms with Gasteiger partial charge in [-0.2, -0.15) is 0 Å². The lowest BCUT2D eigenvalue weighted by molar-refractivity contribution is 0.0947. The largest absolute Gasteiger partial charge is 0.443 e. The fourth-order valence-electron chi connectivity index (χ4n) is 3.11. The molecule has 0 spiro atoms. The topological polar surface area (TPSA) is 100 Å². The van der Waals surface area contributed by atoms with Crippen molar-refractivity contribution < 1.29 is 18.7 Å². The molecule has 1 aliphatic carbocycles. The number of aromatic nitrogens is 2. The first-order valence-corrected chi connectivity index (χ1v) is 9.42. The van der Waals surface area contributed by atoms with Crippen LogP contribution >= 0.6 is 0 Å². The minimum absolute atomic E-state index is 0.0150. The van der Waals surface area contributed by atoms with Crippen LogP contribution in [0.1, 0.15) is 28.8 Å². The molecule has 1 aromatic carbocycles. The summed E-state index contributed by atoms with van der Waals surface area (Å²) < 4.78 is 19.9. The summed E-state index contributed by atoms with van der Waals surface area (Å²) in [5.74, 6) is 0.0854. The van der Waals surface area contributed by atoms with Gasteiger partial charge < -0.3 is 20.2 Å². The number of benzene rings is 1. The number of carbonyl (C=O) groups is 1. The van der Waals surface area contributed by atoms with Crippen LogP contribution in [0.5, 0.6) is 0 Å². The highest BCUT2D eigenvalue weighted by Gasteiger charge is 2.25. The van der Waals surface area contributed by atoms with Gasteiger partial charge >= 0.3 is 0 Å². The number of oxazole rings is 1. The Morgan fingerprint density at radius 1 is 1.28 bits per heavy atom. The van der Waals surface area contributed by atoms with Gasteiger partial charge in [-0.3, -0.25) is 4.79 Å². The van der Waals surface area contributed by atoms with Gasteiger partial charge in [0, 0.05) is 24.3 Å². The second-order valence-corrected chi connectivity index (χ2v) is 7.03. The van der Waals surface area contributed by atoms with Crippen LogP contribution in [0, 0.1) is 12.7 Å². The van der Waals surface area contributed by atoms with E-state index < -0.39 is 11.7 Å². The Morgan fingerprint density at radius 3 is 2.79 bits per heavy atom. The smallest absolute Gasteiger partial charge is 0.254 e. The van der Waals surface area contributed by atoms with Crippen LogP contribution in [0.15, 0.2) is 41.4 Å². The van der Waals surface area contributed by atoms with Gasteiger partial charge in [0.15, 0.2) is 12.2 Å². The van der Waals surface area contributed by atoms with Crippen LogP contribution in [0.3, 0.4) is 0 Å². The molecule has 3 aromatic rings. The molecule has 8 heteroatoms. The molecule has 1 amide bonds. The molecule has 1 aliphatic rings. The van der Waals surface area contributed by atoms with Crippen LogP contribution in [0.4, 0.5) is 10.2 Å². The number of anilines is 1. The number of amides is 1. The van der Waals surface area contributed by atoms with E-state index in [0.717, 1.165) is 12.8 Å². The van der Waals surface area contributed by atoms with Crippen LogP contribution in [-0.2, 0) is 0 Å². The van der Waals surface area contributed by atoms with Crippen molar-refractivity contribution in [3.8, 4) is 22.5 Å². The Kier molecular flexibility index (Phi) is 5.26.